The fraction of sp³-hybridized carbons (Fsp3) is 0.333. The minimum atomic E-state index is -3.67. The highest BCUT2D eigenvalue weighted by Crippen LogP contribution is 2.33. The maximum Gasteiger partial charge on any atom is 0.246 e. The SMILES string of the molecule is COc1ccc(OC)c(-c2ccc(N3CCN(S(=O)(=O)c4cc(C)ccc4OC)CC3)nn2)c1. The number of sulfonamides is 1. The van der Waals surface area contributed by atoms with Crippen molar-refractivity contribution in [1.29, 1.82) is 0 Å². The molecule has 0 saturated carbocycles. The fourth-order valence-electron chi connectivity index (χ4n) is 3.93. The van der Waals surface area contributed by atoms with Crippen LogP contribution in [-0.4, -0.2) is 70.4 Å². The zero-order valence-corrected chi connectivity index (χ0v) is 20.5. The standard InChI is InChI=1S/C24H28N4O5S/c1-17-5-8-22(33-4)23(15-17)34(29,30)28-13-11-27(12-14-28)24-10-7-20(25-26-24)19-16-18(31-2)6-9-21(19)32-3/h5-10,15-16H,11-14H2,1-4H3. The van der Waals surface area contributed by atoms with Gasteiger partial charge in [-0.1, -0.05) is 6.07 Å². The van der Waals surface area contributed by atoms with Crippen molar-refractivity contribution in [2.45, 2.75) is 11.8 Å². The second-order valence-electron chi connectivity index (χ2n) is 7.89. The van der Waals surface area contributed by atoms with Crippen LogP contribution >= 0.6 is 0 Å². The van der Waals surface area contributed by atoms with Crippen LogP contribution in [0, 0.1) is 6.92 Å². The molecule has 0 bridgehead atoms. The Bertz CT molecular complexity index is 1260. The highest BCUT2D eigenvalue weighted by atomic mass is 32.2. The molecule has 1 aliphatic rings. The quantitative estimate of drug-likeness (QED) is 0.505. The predicted molar refractivity (Wildman–Crippen MR) is 129 cm³/mol. The number of ether oxygens (including phenoxy) is 3. The maximum atomic E-state index is 13.3. The van der Waals surface area contributed by atoms with Crippen molar-refractivity contribution < 1.29 is 22.6 Å². The Morgan fingerprint density at radius 3 is 2.12 bits per heavy atom. The van der Waals surface area contributed by atoms with Gasteiger partial charge in [0.1, 0.15) is 22.1 Å². The summed E-state index contributed by atoms with van der Waals surface area (Å²) in [6, 6.07) is 14.4. The number of benzene rings is 2. The van der Waals surface area contributed by atoms with Gasteiger partial charge in [-0.2, -0.15) is 4.31 Å². The highest BCUT2D eigenvalue weighted by Gasteiger charge is 2.31. The predicted octanol–water partition coefficient (Wildman–Crippen LogP) is 2.99. The summed E-state index contributed by atoms with van der Waals surface area (Å²) >= 11 is 0. The average Bonchev–Trinajstić information content (AvgIpc) is 2.88. The summed E-state index contributed by atoms with van der Waals surface area (Å²) in [7, 11) is 1.02. The van der Waals surface area contributed by atoms with Gasteiger partial charge in [0.15, 0.2) is 5.82 Å². The Hall–Kier alpha value is -3.37. The summed E-state index contributed by atoms with van der Waals surface area (Å²) in [5.74, 6) is 2.41. The van der Waals surface area contributed by atoms with Crippen LogP contribution in [0.15, 0.2) is 53.4 Å². The molecule has 4 rings (SSSR count). The van der Waals surface area contributed by atoms with Crippen molar-refractivity contribution in [1.82, 2.24) is 14.5 Å². The number of hydrogen-bond donors (Lipinski definition) is 0. The van der Waals surface area contributed by atoms with Crippen molar-refractivity contribution in [3.63, 3.8) is 0 Å². The molecule has 0 amide bonds. The van der Waals surface area contributed by atoms with E-state index in [-0.39, 0.29) is 4.90 Å². The van der Waals surface area contributed by atoms with Gasteiger partial charge in [-0.3, -0.25) is 0 Å². The van der Waals surface area contributed by atoms with E-state index in [1.165, 1.54) is 11.4 Å². The summed E-state index contributed by atoms with van der Waals surface area (Å²) in [5, 5.41) is 8.77. The van der Waals surface area contributed by atoms with Crippen LogP contribution in [0.1, 0.15) is 5.56 Å². The molecule has 1 fully saturated rings. The van der Waals surface area contributed by atoms with Gasteiger partial charge < -0.3 is 19.1 Å². The van der Waals surface area contributed by atoms with Crippen molar-refractivity contribution in [3.05, 3.63) is 54.1 Å². The van der Waals surface area contributed by atoms with E-state index >= 15 is 0 Å². The minimum Gasteiger partial charge on any atom is -0.497 e. The minimum absolute atomic E-state index is 0.194. The Morgan fingerprint density at radius 2 is 1.50 bits per heavy atom. The number of rotatable bonds is 7. The second-order valence-corrected chi connectivity index (χ2v) is 9.79. The van der Waals surface area contributed by atoms with Gasteiger partial charge in [0.2, 0.25) is 10.0 Å². The van der Waals surface area contributed by atoms with Crippen molar-refractivity contribution in [2.75, 3.05) is 52.4 Å². The molecule has 10 heteroatoms. The molecule has 0 radical (unpaired) electrons. The third-order valence-electron chi connectivity index (χ3n) is 5.83. The molecule has 0 aliphatic carbocycles. The molecule has 0 atom stereocenters. The number of aryl methyl sites for hydroxylation is 1. The van der Waals surface area contributed by atoms with Crippen molar-refractivity contribution >= 4 is 15.8 Å². The second kappa shape index (κ2) is 9.86. The van der Waals surface area contributed by atoms with Crippen LogP contribution < -0.4 is 19.1 Å². The molecule has 34 heavy (non-hydrogen) atoms. The molecule has 1 saturated heterocycles. The molecule has 0 N–H and O–H groups in total. The van der Waals surface area contributed by atoms with Crippen molar-refractivity contribution in [3.8, 4) is 28.5 Å². The molecule has 0 spiro atoms. The summed E-state index contributed by atoms with van der Waals surface area (Å²) in [5.41, 5.74) is 2.30. The van der Waals surface area contributed by atoms with Crippen LogP contribution in [0.3, 0.4) is 0 Å². The van der Waals surface area contributed by atoms with Crippen LogP contribution in [0.2, 0.25) is 0 Å². The van der Waals surface area contributed by atoms with E-state index in [4.69, 9.17) is 14.2 Å². The van der Waals surface area contributed by atoms with E-state index in [2.05, 4.69) is 10.2 Å². The monoisotopic (exact) mass is 484 g/mol. The van der Waals surface area contributed by atoms with Gasteiger partial charge in [-0.15, -0.1) is 10.2 Å². The largest absolute Gasteiger partial charge is 0.497 e. The molecule has 180 valence electrons. The first kappa shape index (κ1) is 23.8. The maximum absolute atomic E-state index is 13.3. The zero-order chi connectivity index (χ0) is 24.3. The Labute approximate surface area is 199 Å². The Balaban J connectivity index is 1.49. The lowest BCUT2D eigenvalue weighted by atomic mass is 10.1. The van der Waals surface area contributed by atoms with Crippen molar-refractivity contribution in [2.24, 2.45) is 0 Å². The molecular weight excluding hydrogens is 456 g/mol. The van der Waals surface area contributed by atoms with E-state index in [0.29, 0.717) is 54.9 Å². The summed E-state index contributed by atoms with van der Waals surface area (Å²) in [6.45, 7) is 3.55. The molecular formula is C24H28N4O5S. The number of piperazine rings is 1. The van der Waals surface area contributed by atoms with Crippen LogP contribution in [-0.2, 0) is 10.0 Å². The summed E-state index contributed by atoms with van der Waals surface area (Å²) in [4.78, 5) is 2.22. The van der Waals surface area contributed by atoms with E-state index in [1.807, 2.05) is 48.2 Å². The lowest BCUT2D eigenvalue weighted by molar-refractivity contribution is 0.373. The third kappa shape index (κ3) is 4.64. The van der Waals surface area contributed by atoms with E-state index in [0.717, 1.165) is 11.1 Å². The summed E-state index contributed by atoms with van der Waals surface area (Å²) < 4.78 is 44.0. The number of methoxy groups -OCH3 is 3. The molecule has 3 aromatic rings. The first-order valence-electron chi connectivity index (χ1n) is 10.8. The van der Waals surface area contributed by atoms with E-state index in [1.54, 1.807) is 26.4 Å². The number of anilines is 1. The van der Waals surface area contributed by atoms with E-state index in [9.17, 15) is 8.42 Å². The van der Waals surface area contributed by atoms with Gasteiger partial charge in [-0.25, -0.2) is 8.42 Å². The lowest BCUT2D eigenvalue weighted by Crippen LogP contribution is -2.49. The molecule has 2 aromatic carbocycles. The van der Waals surface area contributed by atoms with Crippen LogP contribution in [0.5, 0.6) is 17.2 Å². The van der Waals surface area contributed by atoms with Gasteiger partial charge in [0.25, 0.3) is 0 Å². The normalized spacial score (nSPS) is 14.6. The Kier molecular flexibility index (Phi) is 6.90. The molecule has 2 heterocycles. The molecule has 0 unspecified atom stereocenters. The van der Waals surface area contributed by atoms with Gasteiger partial charge in [-0.05, 0) is 55.0 Å². The topological polar surface area (TPSA) is 94.1 Å². The first-order chi connectivity index (χ1) is 16.4. The number of aromatic nitrogens is 2. The van der Waals surface area contributed by atoms with Gasteiger partial charge in [0, 0.05) is 31.7 Å². The highest BCUT2D eigenvalue weighted by molar-refractivity contribution is 7.89. The zero-order valence-electron chi connectivity index (χ0n) is 19.7. The third-order valence-corrected chi connectivity index (χ3v) is 7.75. The van der Waals surface area contributed by atoms with Gasteiger partial charge in [0.05, 0.1) is 27.0 Å². The van der Waals surface area contributed by atoms with Gasteiger partial charge >= 0.3 is 0 Å². The number of nitrogens with zero attached hydrogens (tertiary/aromatic N) is 4. The smallest absolute Gasteiger partial charge is 0.246 e. The van der Waals surface area contributed by atoms with E-state index < -0.39 is 10.0 Å². The van der Waals surface area contributed by atoms with Crippen LogP contribution in [0.25, 0.3) is 11.3 Å². The molecule has 9 nitrogen and oxygen atoms in total. The lowest BCUT2D eigenvalue weighted by Gasteiger charge is -2.34. The Morgan fingerprint density at radius 1 is 0.794 bits per heavy atom. The fourth-order valence-corrected chi connectivity index (χ4v) is 5.60. The van der Waals surface area contributed by atoms with Crippen LogP contribution in [0.4, 0.5) is 5.82 Å². The molecule has 1 aromatic heterocycles. The number of hydrogen-bond acceptors (Lipinski definition) is 8. The summed E-state index contributed by atoms with van der Waals surface area (Å²) in [6.07, 6.45) is 0. The molecule has 1 aliphatic heterocycles. The first-order valence-corrected chi connectivity index (χ1v) is 12.3. The average molecular weight is 485 g/mol.